The number of aromatic nitrogens is 1. The van der Waals surface area contributed by atoms with Gasteiger partial charge in [0.05, 0.1) is 0 Å². The molecule has 15 heavy (non-hydrogen) atoms. The van der Waals surface area contributed by atoms with Crippen LogP contribution in [0, 0.1) is 5.41 Å². The van der Waals surface area contributed by atoms with Gasteiger partial charge in [-0.3, -0.25) is 4.98 Å². The van der Waals surface area contributed by atoms with Crippen molar-refractivity contribution in [1.82, 2.24) is 4.98 Å². The maximum Gasteiger partial charge on any atom is 0.0371 e. The molecule has 82 valence electrons. The van der Waals surface area contributed by atoms with Crippen molar-refractivity contribution in [2.45, 2.75) is 39.0 Å². The smallest absolute Gasteiger partial charge is 0.0371 e. The Morgan fingerprint density at radius 3 is 2.53 bits per heavy atom. The number of hydrogen-bond donors (Lipinski definition) is 1. The molecule has 1 aliphatic carbocycles. The van der Waals surface area contributed by atoms with Crippen LogP contribution in [0.25, 0.3) is 0 Å². The first-order chi connectivity index (χ1) is 7.35. The maximum atomic E-state index is 4.02. The summed E-state index contributed by atoms with van der Waals surface area (Å²) < 4.78 is 0. The molecule has 0 spiro atoms. The number of pyridine rings is 1. The molecule has 2 heteroatoms. The topological polar surface area (TPSA) is 24.9 Å². The van der Waals surface area contributed by atoms with Gasteiger partial charge in [0.1, 0.15) is 0 Å². The third-order valence-electron chi connectivity index (χ3n) is 3.76. The molecular formula is C13H20N2. The highest BCUT2D eigenvalue weighted by molar-refractivity contribution is 5.40. The van der Waals surface area contributed by atoms with Gasteiger partial charge in [0.15, 0.2) is 0 Å². The zero-order valence-corrected chi connectivity index (χ0v) is 9.50. The standard InChI is InChI=1S/C13H20N2/c1-2-13(7-3-4-8-13)11-15-12-5-9-14-10-6-12/h5-6,9-10H,2-4,7-8,11H2,1H3,(H,14,15). The molecule has 0 bridgehead atoms. The summed E-state index contributed by atoms with van der Waals surface area (Å²) in [5.74, 6) is 0. The summed E-state index contributed by atoms with van der Waals surface area (Å²) >= 11 is 0. The average molecular weight is 204 g/mol. The fraction of sp³-hybridized carbons (Fsp3) is 0.615. The SMILES string of the molecule is CCC1(CNc2ccncc2)CCCC1. The van der Waals surface area contributed by atoms with Crippen molar-refractivity contribution in [2.75, 3.05) is 11.9 Å². The lowest BCUT2D eigenvalue weighted by atomic mass is 9.83. The molecule has 1 heterocycles. The van der Waals surface area contributed by atoms with Crippen LogP contribution in [0.1, 0.15) is 39.0 Å². The first-order valence-electron chi connectivity index (χ1n) is 5.99. The van der Waals surface area contributed by atoms with Crippen molar-refractivity contribution in [3.05, 3.63) is 24.5 Å². The third kappa shape index (κ3) is 2.49. The Balaban J connectivity index is 1.92. The molecule has 0 saturated heterocycles. The van der Waals surface area contributed by atoms with Gasteiger partial charge in [-0.1, -0.05) is 19.8 Å². The van der Waals surface area contributed by atoms with Crippen LogP contribution in [0.3, 0.4) is 0 Å². The number of rotatable bonds is 4. The Hall–Kier alpha value is -1.05. The predicted molar refractivity (Wildman–Crippen MR) is 63.9 cm³/mol. The number of anilines is 1. The molecule has 1 aromatic heterocycles. The monoisotopic (exact) mass is 204 g/mol. The van der Waals surface area contributed by atoms with Gasteiger partial charge in [-0.25, -0.2) is 0 Å². The highest BCUT2D eigenvalue weighted by Gasteiger charge is 2.31. The van der Waals surface area contributed by atoms with E-state index in [-0.39, 0.29) is 0 Å². The first-order valence-corrected chi connectivity index (χ1v) is 5.99. The lowest BCUT2D eigenvalue weighted by Gasteiger charge is -2.28. The molecule has 0 aromatic carbocycles. The van der Waals surface area contributed by atoms with E-state index in [1.54, 1.807) is 0 Å². The van der Waals surface area contributed by atoms with E-state index in [1.165, 1.54) is 37.8 Å². The second kappa shape index (κ2) is 4.65. The van der Waals surface area contributed by atoms with E-state index in [1.807, 2.05) is 24.5 Å². The van der Waals surface area contributed by atoms with Crippen LogP contribution in [0.2, 0.25) is 0 Å². The number of nitrogens with one attached hydrogen (secondary N) is 1. The molecule has 0 atom stereocenters. The number of hydrogen-bond acceptors (Lipinski definition) is 2. The maximum absolute atomic E-state index is 4.02. The lowest BCUT2D eigenvalue weighted by molar-refractivity contribution is 0.307. The van der Waals surface area contributed by atoms with Gasteiger partial charge in [0.2, 0.25) is 0 Å². The van der Waals surface area contributed by atoms with Crippen LogP contribution in [-0.4, -0.2) is 11.5 Å². The van der Waals surface area contributed by atoms with E-state index in [9.17, 15) is 0 Å². The first kappa shape index (κ1) is 10.5. The average Bonchev–Trinajstić information content (AvgIpc) is 2.77. The molecular weight excluding hydrogens is 184 g/mol. The van der Waals surface area contributed by atoms with Gasteiger partial charge in [0.25, 0.3) is 0 Å². The van der Waals surface area contributed by atoms with E-state index in [0.717, 1.165) is 6.54 Å². The number of nitrogens with zero attached hydrogens (tertiary/aromatic N) is 1. The molecule has 0 radical (unpaired) electrons. The summed E-state index contributed by atoms with van der Waals surface area (Å²) in [6.45, 7) is 3.44. The minimum absolute atomic E-state index is 0.559. The minimum atomic E-state index is 0.559. The summed E-state index contributed by atoms with van der Waals surface area (Å²) in [6, 6.07) is 4.08. The highest BCUT2D eigenvalue weighted by Crippen LogP contribution is 2.40. The molecule has 2 rings (SSSR count). The van der Waals surface area contributed by atoms with Crippen molar-refractivity contribution < 1.29 is 0 Å². The Labute approximate surface area is 92.1 Å². The van der Waals surface area contributed by atoms with Crippen LogP contribution in [-0.2, 0) is 0 Å². The van der Waals surface area contributed by atoms with Gasteiger partial charge in [-0.2, -0.15) is 0 Å². The van der Waals surface area contributed by atoms with Gasteiger partial charge in [-0.05, 0) is 36.8 Å². The molecule has 1 aliphatic rings. The third-order valence-corrected chi connectivity index (χ3v) is 3.76. The molecule has 1 aromatic rings. The summed E-state index contributed by atoms with van der Waals surface area (Å²) in [7, 11) is 0. The zero-order chi connectivity index (χ0) is 10.6. The van der Waals surface area contributed by atoms with E-state index in [2.05, 4.69) is 17.2 Å². The van der Waals surface area contributed by atoms with Crippen LogP contribution < -0.4 is 5.32 Å². The summed E-state index contributed by atoms with van der Waals surface area (Å²) in [4.78, 5) is 4.02. The second-order valence-electron chi connectivity index (χ2n) is 4.65. The van der Waals surface area contributed by atoms with Gasteiger partial charge in [0, 0.05) is 24.6 Å². The molecule has 0 unspecified atom stereocenters. The fourth-order valence-electron chi connectivity index (χ4n) is 2.54. The van der Waals surface area contributed by atoms with E-state index >= 15 is 0 Å². The van der Waals surface area contributed by atoms with Crippen molar-refractivity contribution >= 4 is 5.69 Å². The molecule has 1 fully saturated rings. The molecule has 0 amide bonds. The van der Waals surface area contributed by atoms with Gasteiger partial charge in [-0.15, -0.1) is 0 Å². The van der Waals surface area contributed by atoms with Gasteiger partial charge < -0.3 is 5.32 Å². The van der Waals surface area contributed by atoms with E-state index in [0.29, 0.717) is 5.41 Å². The predicted octanol–water partition coefficient (Wildman–Crippen LogP) is 3.46. The quantitative estimate of drug-likeness (QED) is 0.812. The van der Waals surface area contributed by atoms with Crippen molar-refractivity contribution in [1.29, 1.82) is 0 Å². The Morgan fingerprint density at radius 2 is 1.93 bits per heavy atom. The summed E-state index contributed by atoms with van der Waals surface area (Å²) in [6.07, 6.45) is 10.6. The highest BCUT2D eigenvalue weighted by atomic mass is 14.9. The summed E-state index contributed by atoms with van der Waals surface area (Å²) in [5, 5.41) is 3.54. The second-order valence-corrected chi connectivity index (χ2v) is 4.65. The van der Waals surface area contributed by atoms with Crippen LogP contribution in [0.5, 0.6) is 0 Å². The van der Waals surface area contributed by atoms with Crippen molar-refractivity contribution in [3.63, 3.8) is 0 Å². The Kier molecular flexibility index (Phi) is 3.24. The van der Waals surface area contributed by atoms with E-state index < -0.39 is 0 Å². The minimum Gasteiger partial charge on any atom is -0.384 e. The fourth-order valence-corrected chi connectivity index (χ4v) is 2.54. The Bertz CT molecular complexity index is 289. The summed E-state index contributed by atoms with van der Waals surface area (Å²) in [5.41, 5.74) is 1.76. The lowest BCUT2D eigenvalue weighted by Crippen LogP contribution is -2.25. The van der Waals surface area contributed by atoms with Crippen LogP contribution >= 0.6 is 0 Å². The van der Waals surface area contributed by atoms with Gasteiger partial charge >= 0.3 is 0 Å². The van der Waals surface area contributed by atoms with Crippen molar-refractivity contribution in [3.8, 4) is 0 Å². The van der Waals surface area contributed by atoms with Crippen LogP contribution in [0.15, 0.2) is 24.5 Å². The molecule has 0 aliphatic heterocycles. The Morgan fingerprint density at radius 1 is 1.27 bits per heavy atom. The van der Waals surface area contributed by atoms with E-state index in [4.69, 9.17) is 0 Å². The molecule has 1 saturated carbocycles. The normalized spacial score (nSPS) is 19.0. The largest absolute Gasteiger partial charge is 0.384 e. The zero-order valence-electron chi connectivity index (χ0n) is 9.50. The van der Waals surface area contributed by atoms with Crippen LogP contribution in [0.4, 0.5) is 5.69 Å². The molecule has 2 nitrogen and oxygen atoms in total. The molecule has 1 N–H and O–H groups in total. The van der Waals surface area contributed by atoms with Crippen molar-refractivity contribution in [2.24, 2.45) is 5.41 Å².